The van der Waals surface area contributed by atoms with Gasteiger partial charge >= 0.3 is 0 Å². The van der Waals surface area contributed by atoms with Crippen LogP contribution < -0.4 is 10.6 Å². The Hall–Kier alpha value is -0.870. The van der Waals surface area contributed by atoms with Crippen molar-refractivity contribution >= 4 is 21.8 Å². The second kappa shape index (κ2) is 4.78. The highest BCUT2D eigenvalue weighted by molar-refractivity contribution is 9.10. The second-order valence-corrected chi connectivity index (χ2v) is 5.61. The Balaban J connectivity index is 1.68. The Morgan fingerprint density at radius 3 is 2.88 bits per heavy atom. The number of halogens is 1. The summed E-state index contributed by atoms with van der Waals surface area (Å²) in [5.74, 6) is 1.14. The zero-order chi connectivity index (χ0) is 11.7. The first kappa shape index (κ1) is 11.2. The standard InChI is InChI=1S/C13H16BrN3/c14-10-3-1-9(2-4-10)7-13-16-11-5-6-15-8-12(11)17-13/h1-4,11-12,15H,5-8H2,(H,16,17). The quantitative estimate of drug-likeness (QED) is 0.871. The van der Waals surface area contributed by atoms with Crippen molar-refractivity contribution in [2.24, 2.45) is 4.99 Å². The van der Waals surface area contributed by atoms with Crippen LogP contribution in [-0.2, 0) is 6.42 Å². The van der Waals surface area contributed by atoms with Gasteiger partial charge in [0.25, 0.3) is 0 Å². The van der Waals surface area contributed by atoms with Gasteiger partial charge in [-0.25, -0.2) is 0 Å². The summed E-state index contributed by atoms with van der Waals surface area (Å²) in [6.07, 6.45) is 2.07. The van der Waals surface area contributed by atoms with E-state index in [0.29, 0.717) is 12.1 Å². The average Bonchev–Trinajstić information content (AvgIpc) is 2.74. The first-order valence-electron chi connectivity index (χ1n) is 6.09. The molecule has 0 aromatic heterocycles. The zero-order valence-electron chi connectivity index (χ0n) is 9.62. The molecule has 2 heterocycles. The highest BCUT2D eigenvalue weighted by Crippen LogP contribution is 2.17. The molecule has 2 aliphatic heterocycles. The van der Waals surface area contributed by atoms with E-state index in [1.54, 1.807) is 0 Å². The third-order valence-corrected chi connectivity index (χ3v) is 3.93. The molecule has 1 aromatic rings. The molecule has 0 aliphatic carbocycles. The van der Waals surface area contributed by atoms with Crippen molar-refractivity contribution in [1.29, 1.82) is 0 Å². The minimum Gasteiger partial charge on any atom is -0.367 e. The lowest BCUT2D eigenvalue weighted by Gasteiger charge is -2.24. The van der Waals surface area contributed by atoms with Crippen molar-refractivity contribution in [3.05, 3.63) is 34.3 Å². The summed E-state index contributed by atoms with van der Waals surface area (Å²) in [5.41, 5.74) is 1.31. The molecular formula is C13H16BrN3. The van der Waals surface area contributed by atoms with Crippen molar-refractivity contribution in [3.8, 4) is 0 Å². The monoisotopic (exact) mass is 293 g/mol. The summed E-state index contributed by atoms with van der Waals surface area (Å²) >= 11 is 3.45. The van der Waals surface area contributed by atoms with E-state index in [1.165, 1.54) is 5.56 Å². The maximum atomic E-state index is 4.78. The van der Waals surface area contributed by atoms with Crippen LogP contribution in [0.2, 0.25) is 0 Å². The topological polar surface area (TPSA) is 36.4 Å². The maximum absolute atomic E-state index is 4.78. The minimum atomic E-state index is 0.488. The van der Waals surface area contributed by atoms with Gasteiger partial charge in [0, 0.05) is 17.4 Å². The fourth-order valence-electron chi connectivity index (χ4n) is 2.49. The molecule has 3 rings (SSSR count). The number of fused-ring (bicyclic) bond motifs is 1. The van der Waals surface area contributed by atoms with E-state index in [-0.39, 0.29) is 0 Å². The highest BCUT2D eigenvalue weighted by atomic mass is 79.9. The van der Waals surface area contributed by atoms with Gasteiger partial charge in [0.1, 0.15) is 5.84 Å². The molecule has 0 spiro atoms. The molecule has 90 valence electrons. The summed E-state index contributed by atoms with van der Waals surface area (Å²) in [6.45, 7) is 2.13. The van der Waals surface area contributed by atoms with Crippen molar-refractivity contribution in [1.82, 2.24) is 10.6 Å². The summed E-state index contributed by atoms with van der Waals surface area (Å²) in [6, 6.07) is 9.46. The van der Waals surface area contributed by atoms with Crippen molar-refractivity contribution in [2.45, 2.75) is 24.9 Å². The first-order valence-corrected chi connectivity index (χ1v) is 6.89. The number of piperidine rings is 1. The van der Waals surface area contributed by atoms with Crippen LogP contribution in [0.15, 0.2) is 33.7 Å². The second-order valence-electron chi connectivity index (χ2n) is 4.69. The van der Waals surface area contributed by atoms with E-state index in [2.05, 4.69) is 50.8 Å². The van der Waals surface area contributed by atoms with Crippen molar-refractivity contribution in [3.63, 3.8) is 0 Å². The maximum Gasteiger partial charge on any atom is 0.101 e. The van der Waals surface area contributed by atoms with Gasteiger partial charge in [-0.05, 0) is 30.7 Å². The highest BCUT2D eigenvalue weighted by Gasteiger charge is 2.30. The number of nitrogens with zero attached hydrogens (tertiary/aromatic N) is 1. The molecule has 2 N–H and O–H groups in total. The van der Waals surface area contributed by atoms with E-state index < -0.39 is 0 Å². The first-order chi connectivity index (χ1) is 8.31. The predicted molar refractivity (Wildman–Crippen MR) is 73.5 cm³/mol. The fraction of sp³-hybridized carbons (Fsp3) is 0.462. The van der Waals surface area contributed by atoms with Gasteiger partial charge in [0.15, 0.2) is 0 Å². The van der Waals surface area contributed by atoms with E-state index >= 15 is 0 Å². The molecule has 0 radical (unpaired) electrons. The van der Waals surface area contributed by atoms with E-state index in [1.807, 2.05) is 0 Å². The predicted octanol–water partition coefficient (Wildman–Crippen LogP) is 1.72. The number of amidine groups is 1. The number of rotatable bonds is 2. The molecule has 17 heavy (non-hydrogen) atoms. The Kier molecular flexibility index (Phi) is 3.16. The zero-order valence-corrected chi connectivity index (χ0v) is 11.2. The van der Waals surface area contributed by atoms with E-state index in [4.69, 9.17) is 4.99 Å². The molecule has 1 saturated heterocycles. The summed E-state index contributed by atoms with van der Waals surface area (Å²) in [5, 5.41) is 6.94. The Labute approximate surface area is 110 Å². The number of aliphatic imine (C=N–C) groups is 1. The summed E-state index contributed by atoms with van der Waals surface area (Å²) in [4.78, 5) is 4.78. The normalized spacial score (nSPS) is 27.2. The van der Waals surface area contributed by atoms with Crippen LogP contribution in [0, 0.1) is 0 Å². The summed E-state index contributed by atoms with van der Waals surface area (Å²) < 4.78 is 1.13. The molecule has 1 fully saturated rings. The number of nitrogens with one attached hydrogen (secondary N) is 2. The van der Waals surface area contributed by atoms with Crippen molar-refractivity contribution in [2.75, 3.05) is 13.1 Å². The van der Waals surface area contributed by atoms with Crippen LogP contribution in [-0.4, -0.2) is 31.0 Å². The van der Waals surface area contributed by atoms with Crippen LogP contribution in [0.4, 0.5) is 0 Å². The van der Waals surface area contributed by atoms with Gasteiger partial charge in [-0.1, -0.05) is 28.1 Å². The lowest BCUT2D eigenvalue weighted by atomic mass is 10.0. The average molecular weight is 294 g/mol. The number of benzene rings is 1. The third kappa shape index (κ3) is 2.53. The molecule has 0 saturated carbocycles. The van der Waals surface area contributed by atoms with Crippen LogP contribution in [0.5, 0.6) is 0 Å². The van der Waals surface area contributed by atoms with Gasteiger partial charge in [-0.3, -0.25) is 4.99 Å². The third-order valence-electron chi connectivity index (χ3n) is 3.40. The molecule has 2 atom stereocenters. The van der Waals surface area contributed by atoms with Gasteiger partial charge in [-0.2, -0.15) is 0 Å². The van der Waals surface area contributed by atoms with Crippen molar-refractivity contribution < 1.29 is 0 Å². The lowest BCUT2D eigenvalue weighted by Crippen LogP contribution is -2.48. The number of hydrogen-bond acceptors (Lipinski definition) is 3. The Bertz CT molecular complexity index is 427. The SMILES string of the molecule is Brc1ccc(CC2=NC3CCNCC3N2)cc1. The van der Waals surface area contributed by atoms with Gasteiger partial charge in [0.2, 0.25) is 0 Å². The minimum absolute atomic E-state index is 0.488. The largest absolute Gasteiger partial charge is 0.367 e. The Morgan fingerprint density at radius 1 is 1.29 bits per heavy atom. The molecule has 1 aromatic carbocycles. The molecule has 4 heteroatoms. The molecule has 3 nitrogen and oxygen atoms in total. The van der Waals surface area contributed by atoms with Crippen LogP contribution in [0.3, 0.4) is 0 Å². The molecule has 0 bridgehead atoms. The Morgan fingerprint density at radius 2 is 2.12 bits per heavy atom. The van der Waals surface area contributed by atoms with Crippen LogP contribution >= 0.6 is 15.9 Å². The molecule has 2 aliphatic rings. The number of hydrogen-bond donors (Lipinski definition) is 2. The molecular weight excluding hydrogens is 278 g/mol. The van der Waals surface area contributed by atoms with Gasteiger partial charge in [0.05, 0.1) is 12.1 Å². The van der Waals surface area contributed by atoms with Crippen LogP contribution in [0.1, 0.15) is 12.0 Å². The van der Waals surface area contributed by atoms with E-state index in [0.717, 1.165) is 36.2 Å². The molecule has 0 amide bonds. The van der Waals surface area contributed by atoms with E-state index in [9.17, 15) is 0 Å². The van der Waals surface area contributed by atoms with Gasteiger partial charge in [-0.15, -0.1) is 0 Å². The smallest absolute Gasteiger partial charge is 0.101 e. The fourth-order valence-corrected chi connectivity index (χ4v) is 2.75. The summed E-state index contributed by atoms with van der Waals surface area (Å²) in [7, 11) is 0. The lowest BCUT2D eigenvalue weighted by molar-refractivity contribution is 0.402. The molecule has 2 unspecified atom stereocenters. The van der Waals surface area contributed by atoms with Gasteiger partial charge < -0.3 is 10.6 Å². The van der Waals surface area contributed by atoms with Crippen LogP contribution in [0.25, 0.3) is 0 Å².